The van der Waals surface area contributed by atoms with Crippen molar-refractivity contribution in [1.29, 1.82) is 0 Å². The second-order valence-electron chi connectivity index (χ2n) is 5.45. The summed E-state index contributed by atoms with van der Waals surface area (Å²) in [6, 6.07) is 0. The first-order valence-electron chi connectivity index (χ1n) is 6.80. The van der Waals surface area contributed by atoms with E-state index in [1.165, 1.54) is 4.31 Å². The van der Waals surface area contributed by atoms with Crippen LogP contribution >= 0.6 is 0 Å². The van der Waals surface area contributed by atoms with Gasteiger partial charge in [0, 0.05) is 19.6 Å². The van der Waals surface area contributed by atoms with Crippen molar-refractivity contribution in [3.63, 3.8) is 0 Å². The quantitative estimate of drug-likeness (QED) is 0.687. The van der Waals surface area contributed by atoms with Gasteiger partial charge in [0.05, 0.1) is 5.92 Å². The summed E-state index contributed by atoms with van der Waals surface area (Å²) >= 11 is 0. The van der Waals surface area contributed by atoms with E-state index in [1.807, 2.05) is 0 Å². The summed E-state index contributed by atoms with van der Waals surface area (Å²) < 4.78 is 27.9. The lowest BCUT2D eigenvalue weighted by atomic mass is 9.99. The Morgan fingerprint density at radius 1 is 1.37 bits per heavy atom. The van der Waals surface area contributed by atoms with Crippen LogP contribution in [0.1, 0.15) is 39.5 Å². The van der Waals surface area contributed by atoms with Crippen LogP contribution in [0.2, 0.25) is 0 Å². The number of carbonyl (C=O) groups is 1. The number of nitrogens with zero attached hydrogens (tertiary/aromatic N) is 1. The predicted octanol–water partition coefficient (Wildman–Crippen LogP) is 1.05. The summed E-state index contributed by atoms with van der Waals surface area (Å²) in [5, 5.41) is 8.87. The molecule has 1 saturated heterocycles. The minimum atomic E-state index is -3.44. The third-order valence-corrected chi connectivity index (χ3v) is 5.00. The number of carboxylic acid groups (broad SMARTS) is 1. The van der Waals surface area contributed by atoms with Gasteiger partial charge in [-0.3, -0.25) is 4.79 Å². The molecule has 0 bridgehead atoms. The highest BCUT2D eigenvalue weighted by Crippen LogP contribution is 2.19. The van der Waals surface area contributed by atoms with Crippen molar-refractivity contribution in [3.05, 3.63) is 0 Å². The zero-order chi connectivity index (χ0) is 14.5. The molecular formula is C12H24N2O4S. The van der Waals surface area contributed by atoms with Crippen LogP contribution in [0.3, 0.4) is 0 Å². The fourth-order valence-corrected chi connectivity index (χ4v) is 3.42. The summed E-state index contributed by atoms with van der Waals surface area (Å²) in [6.45, 7) is 5.22. The minimum absolute atomic E-state index is 0.288. The normalized spacial score (nSPS) is 18.9. The SMILES string of the molecule is CC(C)CCCNS(=O)(=O)N1CCC(C(=O)O)CC1. The zero-order valence-corrected chi connectivity index (χ0v) is 12.4. The third kappa shape index (κ3) is 5.46. The summed E-state index contributed by atoms with van der Waals surface area (Å²) in [6.07, 6.45) is 2.59. The molecule has 1 heterocycles. The fourth-order valence-electron chi connectivity index (χ4n) is 2.15. The number of hydrogen-bond donors (Lipinski definition) is 2. The molecule has 0 radical (unpaired) electrons. The van der Waals surface area contributed by atoms with Crippen molar-refractivity contribution in [3.8, 4) is 0 Å². The largest absolute Gasteiger partial charge is 0.481 e. The van der Waals surface area contributed by atoms with Crippen molar-refractivity contribution >= 4 is 16.2 Å². The van der Waals surface area contributed by atoms with Crippen LogP contribution in [-0.4, -0.2) is 43.4 Å². The molecule has 6 nitrogen and oxygen atoms in total. The Balaban J connectivity index is 2.36. The highest BCUT2D eigenvalue weighted by Gasteiger charge is 2.30. The van der Waals surface area contributed by atoms with Crippen molar-refractivity contribution in [2.24, 2.45) is 11.8 Å². The van der Waals surface area contributed by atoms with Gasteiger partial charge in [-0.25, -0.2) is 4.72 Å². The Labute approximate surface area is 115 Å². The molecule has 1 fully saturated rings. The predicted molar refractivity (Wildman–Crippen MR) is 72.9 cm³/mol. The van der Waals surface area contributed by atoms with Crippen LogP contribution in [0, 0.1) is 11.8 Å². The molecule has 112 valence electrons. The lowest BCUT2D eigenvalue weighted by Crippen LogP contribution is -2.46. The molecule has 1 aliphatic heterocycles. The number of rotatable bonds is 7. The van der Waals surface area contributed by atoms with Gasteiger partial charge in [-0.15, -0.1) is 0 Å². The van der Waals surface area contributed by atoms with E-state index in [0.29, 0.717) is 25.3 Å². The van der Waals surface area contributed by atoms with E-state index < -0.39 is 22.1 Å². The third-order valence-electron chi connectivity index (χ3n) is 3.39. The molecule has 0 aromatic rings. The van der Waals surface area contributed by atoms with E-state index in [1.54, 1.807) is 0 Å². The second-order valence-corrected chi connectivity index (χ2v) is 7.20. The van der Waals surface area contributed by atoms with Crippen LogP contribution in [0.25, 0.3) is 0 Å². The summed E-state index contributed by atoms with van der Waals surface area (Å²) in [7, 11) is -3.44. The summed E-state index contributed by atoms with van der Waals surface area (Å²) in [5.41, 5.74) is 0. The van der Waals surface area contributed by atoms with Crippen molar-refractivity contribution in [2.75, 3.05) is 19.6 Å². The number of carboxylic acids is 1. The molecule has 1 rings (SSSR count). The lowest BCUT2D eigenvalue weighted by molar-refractivity contribution is -0.142. The average Bonchev–Trinajstić information content (AvgIpc) is 2.34. The molecule has 19 heavy (non-hydrogen) atoms. The van der Waals surface area contributed by atoms with Gasteiger partial charge in [0.2, 0.25) is 0 Å². The van der Waals surface area contributed by atoms with E-state index in [0.717, 1.165) is 12.8 Å². The molecule has 0 atom stereocenters. The standard InChI is InChI=1S/C12H24N2O4S/c1-10(2)4-3-7-13-19(17,18)14-8-5-11(6-9-14)12(15)16/h10-11,13H,3-9H2,1-2H3,(H,15,16). The maximum atomic E-state index is 12.0. The Morgan fingerprint density at radius 3 is 2.42 bits per heavy atom. The Kier molecular flexibility index (Phi) is 6.22. The molecule has 2 N–H and O–H groups in total. The molecule has 0 amide bonds. The first-order chi connectivity index (χ1) is 8.83. The van der Waals surface area contributed by atoms with Crippen LogP contribution in [0.15, 0.2) is 0 Å². The summed E-state index contributed by atoms with van der Waals surface area (Å²) in [5.74, 6) is -0.676. The highest BCUT2D eigenvalue weighted by atomic mass is 32.2. The van der Waals surface area contributed by atoms with Crippen molar-refractivity contribution in [2.45, 2.75) is 39.5 Å². The highest BCUT2D eigenvalue weighted by molar-refractivity contribution is 7.87. The average molecular weight is 292 g/mol. The molecule has 0 spiro atoms. The number of piperidine rings is 1. The molecule has 7 heteroatoms. The van der Waals surface area contributed by atoms with Crippen LogP contribution < -0.4 is 4.72 Å². The minimum Gasteiger partial charge on any atom is -0.481 e. The van der Waals surface area contributed by atoms with Crippen LogP contribution in [0.5, 0.6) is 0 Å². The maximum Gasteiger partial charge on any atom is 0.306 e. The fraction of sp³-hybridized carbons (Fsp3) is 0.917. The zero-order valence-electron chi connectivity index (χ0n) is 11.6. The second kappa shape index (κ2) is 7.21. The Morgan fingerprint density at radius 2 is 1.95 bits per heavy atom. The van der Waals surface area contributed by atoms with Gasteiger partial charge < -0.3 is 5.11 Å². The van der Waals surface area contributed by atoms with Crippen LogP contribution in [-0.2, 0) is 15.0 Å². The van der Waals surface area contributed by atoms with Gasteiger partial charge >= 0.3 is 5.97 Å². The van der Waals surface area contributed by atoms with Gasteiger partial charge in [-0.2, -0.15) is 12.7 Å². The van der Waals surface area contributed by atoms with E-state index in [2.05, 4.69) is 18.6 Å². The van der Waals surface area contributed by atoms with Gasteiger partial charge in [0.1, 0.15) is 0 Å². The summed E-state index contributed by atoms with van der Waals surface area (Å²) in [4.78, 5) is 10.8. The first kappa shape index (κ1) is 16.4. The van der Waals surface area contributed by atoms with Crippen LogP contribution in [0.4, 0.5) is 0 Å². The molecule has 1 aliphatic rings. The van der Waals surface area contributed by atoms with Gasteiger partial charge in [0.25, 0.3) is 10.2 Å². The van der Waals surface area contributed by atoms with E-state index in [-0.39, 0.29) is 13.1 Å². The van der Waals surface area contributed by atoms with Gasteiger partial charge in [-0.1, -0.05) is 13.8 Å². The van der Waals surface area contributed by atoms with E-state index in [9.17, 15) is 13.2 Å². The molecule has 0 aromatic carbocycles. The molecule has 0 unspecified atom stereocenters. The monoisotopic (exact) mass is 292 g/mol. The molecule has 0 aliphatic carbocycles. The lowest BCUT2D eigenvalue weighted by Gasteiger charge is -2.29. The maximum absolute atomic E-state index is 12.0. The molecule has 0 aromatic heterocycles. The Hall–Kier alpha value is -0.660. The van der Waals surface area contributed by atoms with E-state index >= 15 is 0 Å². The van der Waals surface area contributed by atoms with Crippen molar-refractivity contribution < 1.29 is 18.3 Å². The van der Waals surface area contributed by atoms with Gasteiger partial charge in [-0.05, 0) is 31.6 Å². The topological polar surface area (TPSA) is 86.7 Å². The number of hydrogen-bond acceptors (Lipinski definition) is 3. The molecule has 0 saturated carbocycles. The smallest absolute Gasteiger partial charge is 0.306 e. The molecular weight excluding hydrogens is 268 g/mol. The van der Waals surface area contributed by atoms with E-state index in [4.69, 9.17) is 5.11 Å². The first-order valence-corrected chi connectivity index (χ1v) is 8.24. The number of aliphatic carboxylic acids is 1. The van der Waals surface area contributed by atoms with Gasteiger partial charge in [0.15, 0.2) is 0 Å². The Bertz CT molecular complexity index is 387. The van der Waals surface area contributed by atoms with Crippen molar-refractivity contribution in [1.82, 2.24) is 9.03 Å². The number of nitrogens with one attached hydrogen (secondary N) is 1.